The monoisotopic (exact) mass is 300 g/mol. The predicted octanol–water partition coefficient (Wildman–Crippen LogP) is 3.00. The van der Waals surface area contributed by atoms with E-state index in [1.54, 1.807) is 24.4 Å². The number of halogens is 2. The zero-order valence-electron chi connectivity index (χ0n) is 9.72. The Bertz CT molecular complexity index is 603. The largest absolute Gasteiger partial charge is 0.472 e. The maximum absolute atomic E-state index is 12.9. The lowest BCUT2D eigenvalue weighted by molar-refractivity contribution is 0.107. The number of alkyl halides is 1. The topological polar surface area (TPSA) is 44.1 Å². The van der Waals surface area contributed by atoms with Gasteiger partial charge in [0.25, 0.3) is 5.24 Å². The molecule has 2 rings (SSSR count). The molecule has 0 radical (unpaired) electrons. The molecule has 0 amide bonds. The smallest absolute Gasteiger partial charge is 0.252 e. The van der Waals surface area contributed by atoms with Crippen LogP contribution in [0.2, 0.25) is 0 Å². The number of nitrogens with zero attached hydrogens (tertiary/aromatic N) is 2. The second-order valence-corrected chi connectivity index (χ2v) is 4.47. The highest BCUT2D eigenvalue weighted by Gasteiger charge is 2.14. The molecule has 0 fully saturated rings. The third kappa shape index (κ3) is 3.27. The summed E-state index contributed by atoms with van der Waals surface area (Å²) in [6.07, 6.45) is 1.59. The number of rotatable bonds is 5. The first-order chi connectivity index (χ1) is 9.11. The maximum Gasteiger partial charge on any atom is 0.252 e. The van der Waals surface area contributed by atoms with Crippen LogP contribution in [0.3, 0.4) is 0 Å². The lowest BCUT2D eigenvalue weighted by atomic mass is 10.0. The SMILES string of the molecule is O=C(Cl)c1cccc(CF)c1COc1ccn(S)n1. The quantitative estimate of drug-likeness (QED) is 0.682. The Hall–Kier alpha value is -1.53. The number of benzene rings is 1. The van der Waals surface area contributed by atoms with E-state index >= 15 is 0 Å². The van der Waals surface area contributed by atoms with Crippen LogP contribution >= 0.6 is 24.4 Å². The summed E-state index contributed by atoms with van der Waals surface area (Å²) in [7, 11) is 0. The molecule has 0 aliphatic heterocycles. The van der Waals surface area contributed by atoms with Gasteiger partial charge >= 0.3 is 0 Å². The fraction of sp³-hybridized carbons (Fsp3) is 0.167. The van der Waals surface area contributed by atoms with Crippen molar-refractivity contribution in [3.8, 4) is 5.88 Å². The highest BCUT2D eigenvalue weighted by atomic mass is 35.5. The van der Waals surface area contributed by atoms with Gasteiger partial charge in [0, 0.05) is 23.4 Å². The molecule has 0 N–H and O–H groups in total. The van der Waals surface area contributed by atoms with Crippen molar-refractivity contribution in [2.24, 2.45) is 0 Å². The van der Waals surface area contributed by atoms with Gasteiger partial charge in [0.05, 0.1) is 0 Å². The van der Waals surface area contributed by atoms with Crippen molar-refractivity contribution in [1.29, 1.82) is 0 Å². The summed E-state index contributed by atoms with van der Waals surface area (Å²) in [4.78, 5) is 11.3. The van der Waals surface area contributed by atoms with Crippen molar-refractivity contribution in [3.63, 3.8) is 0 Å². The number of hydrogen-bond donors (Lipinski definition) is 1. The highest BCUT2D eigenvalue weighted by Crippen LogP contribution is 2.20. The van der Waals surface area contributed by atoms with Gasteiger partial charge in [-0.3, -0.25) is 4.79 Å². The molecule has 0 aliphatic rings. The van der Waals surface area contributed by atoms with Gasteiger partial charge in [-0.25, -0.2) is 8.48 Å². The van der Waals surface area contributed by atoms with Gasteiger partial charge in [-0.15, -0.1) is 5.10 Å². The summed E-state index contributed by atoms with van der Waals surface area (Å²) in [6, 6.07) is 6.30. The lowest BCUT2D eigenvalue weighted by Crippen LogP contribution is -2.06. The van der Waals surface area contributed by atoms with Crippen molar-refractivity contribution in [2.45, 2.75) is 13.3 Å². The van der Waals surface area contributed by atoms with Gasteiger partial charge in [0.1, 0.15) is 13.3 Å². The minimum Gasteiger partial charge on any atom is -0.472 e. The Morgan fingerprint density at radius 3 is 2.84 bits per heavy atom. The summed E-state index contributed by atoms with van der Waals surface area (Å²) in [5.74, 6) is 0.330. The van der Waals surface area contributed by atoms with Crippen LogP contribution in [0.4, 0.5) is 4.39 Å². The predicted molar refractivity (Wildman–Crippen MR) is 72.4 cm³/mol. The number of hydrogen-bond acceptors (Lipinski definition) is 4. The molecule has 2 aromatic rings. The van der Waals surface area contributed by atoms with E-state index in [4.69, 9.17) is 16.3 Å². The highest BCUT2D eigenvalue weighted by molar-refractivity contribution is 7.78. The van der Waals surface area contributed by atoms with E-state index in [0.717, 1.165) is 0 Å². The first-order valence-electron chi connectivity index (χ1n) is 5.36. The summed E-state index contributed by atoms with van der Waals surface area (Å²) in [5, 5.41) is 3.26. The average Bonchev–Trinajstić information content (AvgIpc) is 2.81. The van der Waals surface area contributed by atoms with Gasteiger partial charge in [0.15, 0.2) is 0 Å². The number of carbonyl (C=O) groups is 1. The Balaban J connectivity index is 2.25. The summed E-state index contributed by atoms with van der Waals surface area (Å²) in [5.41, 5.74) is 1.04. The van der Waals surface area contributed by atoms with Gasteiger partial charge in [0.2, 0.25) is 5.88 Å². The first-order valence-corrected chi connectivity index (χ1v) is 6.14. The van der Waals surface area contributed by atoms with Crippen molar-refractivity contribution in [2.75, 3.05) is 0 Å². The van der Waals surface area contributed by atoms with Crippen molar-refractivity contribution < 1.29 is 13.9 Å². The van der Waals surface area contributed by atoms with Crippen molar-refractivity contribution in [1.82, 2.24) is 9.19 Å². The summed E-state index contributed by atoms with van der Waals surface area (Å²) < 4.78 is 19.6. The standard InChI is InChI=1S/C12H10ClFN2O2S/c13-12(17)9-3-1-2-8(6-14)10(9)7-18-11-4-5-16(19)15-11/h1-5,19H,6-7H2. The van der Waals surface area contributed by atoms with Crippen LogP contribution < -0.4 is 4.74 Å². The number of aromatic nitrogens is 2. The average molecular weight is 301 g/mol. The second kappa shape index (κ2) is 6.08. The van der Waals surface area contributed by atoms with Gasteiger partial charge in [-0.05, 0) is 36.0 Å². The Morgan fingerprint density at radius 1 is 1.47 bits per heavy atom. The summed E-state index contributed by atoms with van der Waals surface area (Å²) >= 11 is 9.44. The van der Waals surface area contributed by atoms with Crippen LogP contribution in [0.5, 0.6) is 5.88 Å². The van der Waals surface area contributed by atoms with Crippen LogP contribution in [0.1, 0.15) is 21.5 Å². The molecule has 0 saturated heterocycles. The minimum absolute atomic E-state index is 0.0126. The maximum atomic E-state index is 12.9. The van der Waals surface area contributed by atoms with E-state index in [1.165, 1.54) is 10.2 Å². The van der Waals surface area contributed by atoms with Crippen molar-refractivity contribution >= 4 is 29.7 Å². The lowest BCUT2D eigenvalue weighted by Gasteiger charge is -2.10. The molecule has 4 nitrogen and oxygen atoms in total. The third-order valence-corrected chi connectivity index (χ3v) is 2.97. The molecule has 1 heterocycles. The molecule has 1 aromatic carbocycles. The fourth-order valence-electron chi connectivity index (χ4n) is 1.64. The molecule has 7 heteroatoms. The van der Waals surface area contributed by atoms with Crippen molar-refractivity contribution in [3.05, 3.63) is 47.2 Å². The van der Waals surface area contributed by atoms with E-state index in [9.17, 15) is 9.18 Å². The third-order valence-electron chi connectivity index (χ3n) is 2.54. The molecule has 100 valence electrons. The minimum atomic E-state index is -0.697. The van der Waals surface area contributed by atoms with Crippen LogP contribution in [-0.2, 0) is 13.3 Å². The molecule has 0 atom stereocenters. The molecule has 0 bridgehead atoms. The number of thiol groups is 1. The van der Waals surface area contributed by atoms with Crippen LogP contribution in [0.25, 0.3) is 0 Å². The van der Waals surface area contributed by atoms with E-state index in [0.29, 0.717) is 17.0 Å². The molecular formula is C12H10ClFN2O2S. The van der Waals surface area contributed by atoms with E-state index in [2.05, 4.69) is 17.9 Å². The molecule has 0 unspecified atom stereocenters. The normalized spacial score (nSPS) is 10.5. The van der Waals surface area contributed by atoms with Gasteiger partial charge in [-0.1, -0.05) is 12.1 Å². The van der Waals surface area contributed by atoms with Crippen LogP contribution in [0.15, 0.2) is 30.5 Å². The summed E-state index contributed by atoms with van der Waals surface area (Å²) in [6.45, 7) is -0.684. The zero-order chi connectivity index (χ0) is 13.8. The molecule has 0 spiro atoms. The van der Waals surface area contributed by atoms with Gasteiger partial charge in [-0.2, -0.15) is 0 Å². The van der Waals surface area contributed by atoms with E-state index in [-0.39, 0.29) is 12.2 Å². The molecule has 0 aliphatic carbocycles. The van der Waals surface area contributed by atoms with E-state index < -0.39 is 11.9 Å². The Labute approximate surface area is 119 Å². The molecule has 0 saturated carbocycles. The molecule has 1 aromatic heterocycles. The Kier molecular flexibility index (Phi) is 4.44. The molecule has 19 heavy (non-hydrogen) atoms. The number of ether oxygens (including phenoxy) is 1. The van der Waals surface area contributed by atoms with E-state index in [1.807, 2.05) is 0 Å². The first kappa shape index (κ1) is 13.9. The van der Waals surface area contributed by atoms with Crippen LogP contribution in [-0.4, -0.2) is 14.4 Å². The van der Waals surface area contributed by atoms with Crippen LogP contribution in [0, 0.1) is 0 Å². The zero-order valence-corrected chi connectivity index (χ0v) is 11.4. The Morgan fingerprint density at radius 2 is 2.26 bits per heavy atom. The molecular weight excluding hydrogens is 291 g/mol. The van der Waals surface area contributed by atoms with Gasteiger partial charge < -0.3 is 4.74 Å². The second-order valence-electron chi connectivity index (χ2n) is 3.71. The fourth-order valence-corrected chi connectivity index (χ4v) is 1.97. The number of carbonyl (C=O) groups excluding carboxylic acids is 1.